The minimum absolute atomic E-state index is 0.113. The van der Waals surface area contributed by atoms with E-state index in [2.05, 4.69) is 0 Å². The number of hydrogen-bond donors (Lipinski definition) is 0. The minimum atomic E-state index is -0.906. The van der Waals surface area contributed by atoms with E-state index < -0.39 is 18.0 Å². The van der Waals surface area contributed by atoms with Crippen LogP contribution in [0.4, 0.5) is 0 Å². The van der Waals surface area contributed by atoms with Crippen LogP contribution in [0.2, 0.25) is 5.02 Å². The van der Waals surface area contributed by atoms with Crippen LogP contribution >= 0.6 is 11.6 Å². The van der Waals surface area contributed by atoms with Crippen LogP contribution in [0.15, 0.2) is 36.4 Å². The first-order valence-electron chi connectivity index (χ1n) is 8.54. The summed E-state index contributed by atoms with van der Waals surface area (Å²) in [6.45, 7) is 7.40. The number of rotatable bonds is 6. The fourth-order valence-corrected chi connectivity index (χ4v) is 2.90. The van der Waals surface area contributed by atoms with E-state index in [1.54, 1.807) is 6.92 Å². The second-order valence-corrected chi connectivity index (χ2v) is 6.59. The number of esters is 2. The number of benzene rings is 2. The highest BCUT2D eigenvalue weighted by atomic mass is 35.5. The van der Waals surface area contributed by atoms with Crippen LogP contribution in [0.1, 0.15) is 30.5 Å². The molecule has 0 aromatic heterocycles. The summed E-state index contributed by atoms with van der Waals surface area (Å²) >= 11 is 5.94. The van der Waals surface area contributed by atoms with Gasteiger partial charge >= 0.3 is 11.9 Å². The van der Waals surface area contributed by atoms with E-state index in [0.29, 0.717) is 5.02 Å². The first-order chi connectivity index (χ1) is 12.3. The fourth-order valence-electron chi connectivity index (χ4n) is 2.77. The molecule has 0 amide bonds. The van der Waals surface area contributed by atoms with Gasteiger partial charge in [0.15, 0.2) is 6.10 Å². The summed E-state index contributed by atoms with van der Waals surface area (Å²) < 4.78 is 10.0. The number of hydrogen-bond acceptors (Lipinski definition) is 4. The molecule has 4 nitrogen and oxygen atoms in total. The van der Waals surface area contributed by atoms with Gasteiger partial charge in [0.2, 0.25) is 0 Å². The van der Waals surface area contributed by atoms with Crippen molar-refractivity contribution in [2.45, 2.75) is 40.2 Å². The molecule has 0 fully saturated rings. The Morgan fingerprint density at radius 1 is 1.04 bits per heavy atom. The first kappa shape index (κ1) is 20.0. The monoisotopic (exact) mass is 374 g/mol. The molecule has 0 aliphatic carbocycles. The molecule has 0 radical (unpaired) electrons. The molecule has 0 aliphatic heterocycles. The lowest BCUT2D eigenvalue weighted by molar-refractivity contribution is -0.165. The third-order valence-electron chi connectivity index (χ3n) is 4.12. The third-order valence-corrected chi connectivity index (χ3v) is 4.37. The van der Waals surface area contributed by atoms with Crippen molar-refractivity contribution in [3.05, 3.63) is 58.1 Å². The Balaban J connectivity index is 2.14. The molecule has 26 heavy (non-hydrogen) atoms. The minimum Gasteiger partial charge on any atom is -0.463 e. The van der Waals surface area contributed by atoms with Crippen molar-refractivity contribution in [2.75, 3.05) is 6.61 Å². The highest BCUT2D eigenvalue weighted by Gasteiger charge is 2.20. The lowest BCUT2D eigenvalue weighted by Crippen LogP contribution is -2.27. The molecule has 5 heteroatoms. The Bertz CT molecular complexity index is 773. The maximum absolute atomic E-state index is 12.2. The summed E-state index contributed by atoms with van der Waals surface area (Å²) in [6, 6.07) is 11.7. The van der Waals surface area contributed by atoms with Crippen LogP contribution in [-0.4, -0.2) is 24.6 Å². The summed E-state index contributed by atoms with van der Waals surface area (Å²) in [5, 5.41) is 0.692. The molecule has 0 aliphatic rings. The Morgan fingerprint density at radius 2 is 1.62 bits per heavy atom. The average Bonchev–Trinajstić information content (AvgIpc) is 2.58. The SMILES string of the molecule is CCOC(=O)C(C)OC(=O)Cc1c(C)cc(-c2ccc(Cl)cc2)cc1C. The van der Waals surface area contributed by atoms with Crippen LogP contribution in [-0.2, 0) is 25.5 Å². The largest absolute Gasteiger partial charge is 0.463 e. The van der Waals surface area contributed by atoms with Gasteiger partial charge in [-0.05, 0) is 67.6 Å². The summed E-state index contributed by atoms with van der Waals surface area (Å²) in [6.07, 6.45) is -0.793. The van der Waals surface area contributed by atoms with Crippen LogP contribution in [0.5, 0.6) is 0 Å². The summed E-state index contributed by atoms with van der Waals surface area (Å²) in [5.41, 5.74) is 5.02. The summed E-state index contributed by atoms with van der Waals surface area (Å²) in [4.78, 5) is 23.8. The normalized spacial score (nSPS) is 11.7. The second kappa shape index (κ2) is 8.86. The van der Waals surface area contributed by atoms with Crippen LogP contribution in [0.25, 0.3) is 11.1 Å². The zero-order chi connectivity index (χ0) is 19.3. The number of ether oxygens (including phenoxy) is 2. The first-order valence-corrected chi connectivity index (χ1v) is 8.91. The van der Waals surface area contributed by atoms with E-state index in [1.807, 2.05) is 50.2 Å². The van der Waals surface area contributed by atoms with Crippen molar-refractivity contribution < 1.29 is 19.1 Å². The highest BCUT2D eigenvalue weighted by Crippen LogP contribution is 2.27. The molecule has 1 unspecified atom stereocenters. The predicted octanol–water partition coefficient (Wildman–Crippen LogP) is 4.66. The zero-order valence-electron chi connectivity index (χ0n) is 15.5. The van der Waals surface area contributed by atoms with Crippen molar-refractivity contribution in [2.24, 2.45) is 0 Å². The Kier molecular flexibility index (Phi) is 6.81. The molecule has 1 atom stereocenters. The molecule has 0 bridgehead atoms. The van der Waals surface area contributed by atoms with Crippen molar-refractivity contribution in [1.82, 2.24) is 0 Å². The van der Waals surface area contributed by atoms with Gasteiger partial charge in [0.25, 0.3) is 0 Å². The standard InChI is InChI=1S/C21H23ClO4/c1-5-25-21(24)15(4)26-20(23)12-19-13(2)10-17(11-14(19)3)16-6-8-18(22)9-7-16/h6-11,15H,5,12H2,1-4H3. The van der Waals surface area contributed by atoms with E-state index in [0.717, 1.165) is 27.8 Å². The molecule has 2 rings (SSSR count). The van der Waals surface area contributed by atoms with Gasteiger partial charge in [0.05, 0.1) is 13.0 Å². The van der Waals surface area contributed by atoms with Gasteiger partial charge in [-0.15, -0.1) is 0 Å². The smallest absolute Gasteiger partial charge is 0.347 e. The van der Waals surface area contributed by atoms with Gasteiger partial charge in [-0.1, -0.05) is 35.9 Å². The molecule has 0 saturated heterocycles. The summed E-state index contributed by atoms with van der Waals surface area (Å²) in [7, 11) is 0. The van der Waals surface area contributed by atoms with Gasteiger partial charge in [-0.3, -0.25) is 4.79 Å². The van der Waals surface area contributed by atoms with Crippen LogP contribution in [0, 0.1) is 13.8 Å². The van der Waals surface area contributed by atoms with Crippen molar-refractivity contribution in [3.63, 3.8) is 0 Å². The quantitative estimate of drug-likeness (QED) is 0.690. The van der Waals surface area contributed by atoms with Crippen LogP contribution < -0.4 is 0 Å². The van der Waals surface area contributed by atoms with Crippen molar-refractivity contribution in [1.29, 1.82) is 0 Å². The highest BCUT2D eigenvalue weighted by molar-refractivity contribution is 6.30. The molecule has 0 N–H and O–H groups in total. The van der Waals surface area contributed by atoms with E-state index in [1.165, 1.54) is 6.92 Å². The second-order valence-electron chi connectivity index (χ2n) is 6.16. The molecule has 138 valence electrons. The van der Waals surface area contributed by atoms with Gasteiger partial charge in [-0.2, -0.15) is 0 Å². The van der Waals surface area contributed by atoms with E-state index in [-0.39, 0.29) is 13.0 Å². The Hall–Kier alpha value is -2.33. The number of carbonyl (C=O) groups is 2. The van der Waals surface area contributed by atoms with E-state index >= 15 is 0 Å². The topological polar surface area (TPSA) is 52.6 Å². The fraction of sp³-hybridized carbons (Fsp3) is 0.333. The predicted molar refractivity (Wildman–Crippen MR) is 102 cm³/mol. The maximum atomic E-state index is 12.2. The molecule has 2 aromatic carbocycles. The third kappa shape index (κ3) is 5.09. The Labute approximate surface area is 159 Å². The molecule has 2 aromatic rings. The van der Waals surface area contributed by atoms with E-state index in [9.17, 15) is 9.59 Å². The van der Waals surface area contributed by atoms with Crippen LogP contribution in [0.3, 0.4) is 0 Å². The van der Waals surface area contributed by atoms with Gasteiger partial charge in [-0.25, -0.2) is 4.79 Å². The lowest BCUT2D eigenvalue weighted by Gasteiger charge is -2.15. The van der Waals surface area contributed by atoms with Gasteiger partial charge in [0.1, 0.15) is 0 Å². The van der Waals surface area contributed by atoms with Crippen molar-refractivity contribution >= 4 is 23.5 Å². The maximum Gasteiger partial charge on any atom is 0.347 e. The Morgan fingerprint density at radius 3 is 2.15 bits per heavy atom. The molecule has 0 spiro atoms. The number of carbonyl (C=O) groups excluding carboxylic acids is 2. The van der Waals surface area contributed by atoms with E-state index in [4.69, 9.17) is 21.1 Å². The zero-order valence-corrected chi connectivity index (χ0v) is 16.2. The average molecular weight is 375 g/mol. The lowest BCUT2D eigenvalue weighted by atomic mass is 9.94. The van der Waals surface area contributed by atoms with Crippen molar-refractivity contribution in [3.8, 4) is 11.1 Å². The van der Waals surface area contributed by atoms with Gasteiger partial charge < -0.3 is 9.47 Å². The molecular formula is C21H23ClO4. The number of halogens is 1. The summed E-state index contributed by atoms with van der Waals surface area (Å²) in [5.74, 6) is -0.983. The molecule has 0 saturated carbocycles. The number of aryl methyl sites for hydroxylation is 2. The molecular weight excluding hydrogens is 352 g/mol. The van der Waals surface area contributed by atoms with Gasteiger partial charge in [0, 0.05) is 5.02 Å². The molecule has 0 heterocycles.